The Balaban J connectivity index is 1.65. The summed E-state index contributed by atoms with van der Waals surface area (Å²) in [6, 6.07) is 34.2. The van der Waals surface area contributed by atoms with E-state index in [1.165, 1.54) is 27.7 Å². The molecule has 0 aliphatic carbocycles. The maximum absolute atomic E-state index is 14.4. The predicted octanol–water partition coefficient (Wildman–Crippen LogP) is 6.24. The van der Waals surface area contributed by atoms with E-state index in [4.69, 9.17) is 35.3 Å². The van der Waals surface area contributed by atoms with Gasteiger partial charge in [0.15, 0.2) is 28.5 Å². The second kappa shape index (κ2) is 14.7. The molecule has 4 aromatic carbocycles. The van der Waals surface area contributed by atoms with Crippen molar-refractivity contribution >= 4 is 50.7 Å². The minimum absolute atomic E-state index is 0.288. The van der Waals surface area contributed by atoms with Gasteiger partial charge in [0.1, 0.15) is 17.1 Å². The molecule has 9 nitrogen and oxygen atoms in total. The van der Waals surface area contributed by atoms with Crippen LogP contribution in [0.25, 0.3) is 11.2 Å². The molecule has 1 atom stereocenters. The molecule has 0 radical (unpaired) electrons. The van der Waals surface area contributed by atoms with Crippen molar-refractivity contribution in [2.75, 3.05) is 21.3 Å². The Labute approximate surface area is 282 Å². The normalized spacial score (nSPS) is 11.9. The Hall–Kier alpha value is -5.23. The van der Waals surface area contributed by atoms with Gasteiger partial charge in [-0.15, -0.1) is 12.3 Å². The number of aromatic nitrogens is 4. The predicted molar refractivity (Wildman–Crippen MR) is 191 cm³/mol. The van der Waals surface area contributed by atoms with Crippen LogP contribution in [0, 0.1) is 12.3 Å². The summed E-state index contributed by atoms with van der Waals surface area (Å²) in [5.74, 6) is 4.27. The topological polar surface area (TPSA) is 101 Å². The van der Waals surface area contributed by atoms with Crippen LogP contribution in [0.1, 0.15) is 12.8 Å². The summed E-state index contributed by atoms with van der Waals surface area (Å²) in [6.07, 6.45) is 8.26. The van der Waals surface area contributed by atoms with Gasteiger partial charge in [-0.2, -0.15) is 0 Å². The van der Waals surface area contributed by atoms with Crippen LogP contribution >= 0.6 is 7.05 Å². The van der Waals surface area contributed by atoms with Gasteiger partial charge in [0, 0.05) is 41.0 Å². The van der Waals surface area contributed by atoms with Crippen molar-refractivity contribution in [3.05, 3.63) is 109 Å². The zero-order valence-electron chi connectivity index (χ0n) is 26.8. The second-order valence-corrected chi connectivity index (χ2v) is 15.0. The Morgan fingerprint density at radius 2 is 1.35 bits per heavy atom. The molecule has 2 aromatic heterocycles. The van der Waals surface area contributed by atoms with E-state index in [1.807, 2.05) is 59.2 Å². The van der Waals surface area contributed by atoms with Gasteiger partial charge in [-0.1, -0.05) is 91.0 Å². The SMILES string of the molecule is C#CCCCn1c(S(=O)c2cc(OC)c(OC)c(OC)c2)nc2c(N=P(c3ccccc3)(c3ccccc3)c3ccccc3)ncnc21. The van der Waals surface area contributed by atoms with Gasteiger partial charge in [0.2, 0.25) is 10.9 Å². The van der Waals surface area contributed by atoms with Crippen molar-refractivity contribution in [2.45, 2.75) is 29.4 Å². The molecular formula is C37H34N5O4PS. The fraction of sp³-hybridized carbons (Fsp3) is 0.162. The number of hydrogen-bond donors (Lipinski definition) is 0. The summed E-state index contributed by atoms with van der Waals surface area (Å²) in [6.45, 7) is 0.443. The molecule has 0 amide bonds. The lowest BCUT2D eigenvalue weighted by atomic mass is 10.3. The zero-order chi connectivity index (χ0) is 33.5. The fourth-order valence-electron chi connectivity index (χ4n) is 5.62. The molecule has 0 bridgehead atoms. The number of nitrogens with zero attached hydrogens (tertiary/aromatic N) is 5. The Morgan fingerprint density at radius 3 is 1.83 bits per heavy atom. The summed E-state index contributed by atoms with van der Waals surface area (Å²) in [5, 5.41) is 3.47. The lowest BCUT2D eigenvalue weighted by Crippen LogP contribution is -2.25. The molecule has 0 N–H and O–H groups in total. The molecule has 0 saturated carbocycles. The molecule has 242 valence electrons. The summed E-state index contributed by atoms with van der Waals surface area (Å²) >= 11 is 0. The molecule has 6 rings (SSSR count). The van der Waals surface area contributed by atoms with Gasteiger partial charge >= 0.3 is 0 Å². The smallest absolute Gasteiger partial charge is 0.206 e. The zero-order valence-corrected chi connectivity index (χ0v) is 28.5. The first-order chi connectivity index (χ1) is 23.5. The first-order valence-electron chi connectivity index (χ1n) is 15.2. The molecule has 0 spiro atoms. The van der Waals surface area contributed by atoms with Crippen molar-refractivity contribution in [2.24, 2.45) is 4.74 Å². The van der Waals surface area contributed by atoms with Crippen molar-refractivity contribution in [1.29, 1.82) is 0 Å². The molecular weight excluding hydrogens is 641 g/mol. The average Bonchev–Trinajstić information content (AvgIpc) is 3.53. The number of unbranched alkanes of at least 4 members (excludes halogenated alkanes) is 1. The van der Waals surface area contributed by atoms with Gasteiger partial charge in [0.25, 0.3) is 0 Å². The third kappa shape index (κ3) is 6.11. The van der Waals surface area contributed by atoms with Gasteiger partial charge in [0.05, 0.1) is 33.3 Å². The number of methoxy groups -OCH3 is 3. The molecule has 0 fully saturated rings. The highest BCUT2D eigenvalue weighted by Gasteiger charge is 2.30. The van der Waals surface area contributed by atoms with E-state index in [0.717, 1.165) is 15.9 Å². The standard InChI is InChI=1S/C37H34N5O4PS/c1-5-6-16-23-42-36-33(40-37(42)48(43)30-24-31(44-2)34(46-4)32(25-30)45-3)35(38-26-39-36)41-47(27-17-10-7-11-18-27,28-19-12-8-13-20-28)29-21-14-9-15-22-29/h1,7-15,17-22,24-26H,6,16,23H2,2-4H3. The van der Waals surface area contributed by atoms with E-state index in [9.17, 15) is 4.21 Å². The maximum Gasteiger partial charge on any atom is 0.206 e. The van der Waals surface area contributed by atoms with E-state index in [1.54, 1.807) is 12.1 Å². The number of rotatable bonds is 12. The van der Waals surface area contributed by atoms with Crippen molar-refractivity contribution < 1.29 is 18.4 Å². The Morgan fingerprint density at radius 1 is 0.812 bits per heavy atom. The second-order valence-electron chi connectivity index (χ2n) is 10.6. The van der Waals surface area contributed by atoms with Crippen LogP contribution in [0.15, 0.2) is 124 Å². The highest BCUT2D eigenvalue weighted by Crippen LogP contribution is 2.49. The number of aryl methyl sites for hydroxylation is 1. The number of ether oxygens (including phenoxy) is 3. The van der Waals surface area contributed by atoms with Gasteiger partial charge in [-0.25, -0.2) is 23.9 Å². The summed E-state index contributed by atoms with van der Waals surface area (Å²) in [7, 11) is 0.0851. The van der Waals surface area contributed by atoms with Gasteiger partial charge in [-0.3, -0.25) is 0 Å². The minimum Gasteiger partial charge on any atom is -0.493 e. The highest BCUT2D eigenvalue weighted by molar-refractivity contribution is 7.87. The fourth-order valence-corrected chi connectivity index (χ4v) is 10.3. The third-order valence-electron chi connectivity index (χ3n) is 7.83. The maximum atomic E-state index is 14.4. The molecule has 6 aromatic rings. The van der Waals surface area contributed by atoms with E-state index < -0.39 is 17.9 Å². The van der Waals surface area contributed by atoms with Crippen LogP contribution < -0.4 is 30.1 Å². The minimum atomic E-state index is -2.69. The number of benzene rings is 4. The summed E-state index contributed by atoms with van der Waals surface area (Å²) < 4.78 is 38.5. The number of fused-ring (bicyclic) bond motifs is 1. The molecule has 0 aliphatic rings. The number of hydrogen-bond acceptors (Lipinski definition) is 8. The van der Waals surface area contributed by atoms with Crippen LogP contribution in [-0.2, 0) is 17.3 Å². The van der Waals surface area contributed by atoms with Crippen LogP contribution in [0.5, 0.6) is 17.2 Å². The van der Waals surface area contributed by atoms with Crippen LogP contribution in [0.3, 0.4) is 0 Å². The average molecular weight is 676 g/mol. The van der Waals surface area contributed by atoms with Gasteiger partial charge < -0.3 is 18.8 Å². The number of imidazole rings is 1. The Kier molecular flexibility index (Phi) is 10.0. The van der Waals surface area contributed by atoms with Crippen LogP contribution in [0.4, 0.5) is 5.82 Å². The summed E-state index contributed by atoms with van der Waals surface area (Å²) in [5.41, 5.74) is 0.963. The molecule has 11 heteroatoms. The summed E-state index contributed by atoms with van der Waals surface area (Å²) in [4.78, 5) is 14.8. The quantitative estimate of drug-likeness (QED) is 0.0860. The van der Waals surface area contributed by atoms with Crippen molar-refractivity contribution in [3.63, 3.8) is 0 Å². The first kappa shape index (κ1) is 32.7. The van der Waals surface area contributed by atoms with E-state index >= 15 is 0 Å². The van der Waals surface area contributed by atoms with Crippen molar-refractivity contribution in [1.82, 2.24) is 19.5 Å². The molecule has 48 heavy (non-hydrogen) atoms. The molecule has 2 heterocycles. The largest absolute Gasteiger partial charge is 0.493 e. The van der Waals surface area contributed by atoms with E-state index in [2.05, 4.69) is 47.3 Å². The third-order valence-corrected chi connectivity index (χ3v) is 12.8. The highest BCUT2D eigenvalue weighted by atomic mass is 32.2. The van der Waals surface area contributed by atoms with Gasteiger partial charge in [-0.05, 0) is 6.42 Å². The van der Waals surface area contributed by atoms with Crippen LogP contribution in [0.2, 0.25) is 0 Å². The molecule has 1 unspecified atom stereocenters. The molecule has 0 aliphatic heterocycles. The lowest BCUT2D eigenvalue weighted by Gasteiger charge is -2.26. The van der Waals surface area contributed by atoms with E-state index in [-0.39, 0.29) is 5.16 Å². The number of terminal acetylenes is 1. The first-order valence-corrected chi connectivity index (χ1v) is 18.1. The monoisotopic (exact) mass is 675 g/mol. The lowest BCUT2D eigenvalue weighted by molar-refractivity contribution is 0.323. The van der Waals surface area contributed by atoms with Crippen LogP contribution in [-0.4, -0.2) is 45.1 Å². The Bertz CT molecular complexity index is 2040. The van der Waals surface area contributed by atoms with Crippen molar-refractivity contribution in [3.8, 4) is 29.6 Å². The van der Waals surface area contributed by atoms with E-state index in [0.29, 0.717) is 58.5 Å². The molecule has 0 saturated heterocycles.